The third kappa shape index (κ3) is 15.8. The fourth-order valence-corrected chi connectivity index (χ4v) is 7.00. The average Bonchev–Trinajstić information content (AvgIpc) is 3.08. The van der Waals surface area contributed by atoms with Crippen LogP contribution in [0.3, 0.4) is 0 Å². The fourth-order valence-electron chi connectivity index (χ4n) is 4.75. The molecule has 2 atom stereocenters. The van der Waals surface area contributed by atoms with E-state index in [2.05, 4.69) is 26.3 Å². The highest BCUT2D eigenvalue weighted by Gasteiger charge is 2.58. The maximum atomic E-state index is 13.4. The molecule has 0 fully saturated rings. The van der Waals surface area contributed by atoms with Crippen LogP contribution in [0.4, 0.5) is 15.3 Å². The number of carbonyl (C=O) groups excluding carboxylic acids is 4. The summed E-state index contributed by atoms with van der Waals surface area (Å²) >= 11 is 0. The lowest BCUT2D eigenvalue weighted by Crippen LogP contribution is -2.53. The van der Waals surface area contributed by atoms with Crippen LogP contribution in [0.5, 0.6) is 0 Å². The molecule has 300 valence electrons. The topological polar surface area (TPSA) is 335 Å². The number of nitrogens with one attached hydrogen (secondary N) is 4. The highest BCUT2D eigenvalue weighted by Crippen LogP contribution is 2.69. The number of amides is 4. The number of rotatable bonds is 21. The molecule has 0 unspecified atom stereocenters. The normalized spacial score (nSPS) is 12.9. The average molecular weight is 802 g/mol. The summed E-state index contributed by atoms with van der Waals surface area (Å²) in [7, 11) is -11.2. The molecule has 2 aromatic rings. The molecule has 4 amide bonds. The lowest BCUT2D eigenvalue weighted by Gasteiger charge is -2.29. The molecule has 0 spiro atoms. The lowest BCUT2D eigenvalue weighted by atomic mass is 10.0. The minimum Gasteiger partial charge on any atom is -0.445 e. The van der Waals surface area contributed by atoms with Gasteiger partial charge >= 0.3 is 27.4 Å². The zero-order chi connectivity index (χ0) is 40.5. The summed E-state index contributed by atoms with van der Waals surface area (Å²) in [4.78, 5) is 92.1. The molecule has 0 saturated heterocycles. The van der Waals surface area contributed by atoms with Crippen LogP contribution in [0.2, 0.25) is 0 Å². The van der Waals surface area contributed by atoms with Crippen molar-refractivity contribution < 1.29 is 62.5 Å². The van der Waals surface area contributed by atoms with E-state index in [1.54, 1.807) is 36.4 Å². The van der Waals surface area contributed by atoms with Gasteiger partial charge in [-0.05, 0) is 54.9 Å². The molecule has 0 bridgehead atoms. The Kier molecular flexibility index (Phi) is 18.0. The maximum absolute atomic E-state index is 13.4. The molecule has 22 heteroatoms. The van der Waals surface area contributed by atoms with Crippen molar-refractivity contribution >= 4 is 50.8 Å². The van der Waals surface area contributed by atoms with Gasteiger partial charge in [-0.2, -0.15) is 0 Å². The van der Waals surface area contributed by atoms with Crippen molar-refractivity contribution in [1.82, 2.24) is 16.0 Å². The van der Waals surface area contributed by atoms with Gasteiger partial charge in [-0.3, -0.25) is 23.7 Å². The Morgan fingerprint density at radius 3 is 1.93 bits per heavy atom. The van der Waals surface area contributed by atoms with E-state index < -0.39 is 69.2 Å². The number of aliphatic hydroxyl groups is 1. The molecule has 0 aliphatic heterocycles. The molecule has 13 N–H and O–H groups in total. The number of benzene rings is 2. The van der Waals surface area contributed by atoms with Gasteiger partial charge in [0.1, 0.15) is 25.3 Å². The second kappa shape index (κ2) is 21.4. The Balaban J connectivity index is 1.99. The zero-order valence-corrected chi connectivity index (χ0v) is 31.6. The summed E-state index contributed by atoms with van der Waals surface area (Å²) in [6, 6.07) is 13.0. The Bertz CT molecular complexity index is 1640. The fraction of sp³-hybridized carbons (Fsp3) is 0.469. The van der Waals surface area contributed by atoms with E-state index in [1.165, 1.54) is 12.1 Å². The Labute approximate surface area is 311 Å². The quantitative estimate of drug-likeness (QED) is 0.0369. The number of alkyl carbamates (subject to hydrolysis) is 2. The number of carbonyl (C=O) groups is 4. The minimum atomic E-state index is -5.61. The van der Waals surface area contributed by atoms with E-state index in [0.717, 1.165) is 5.56 Å². The first-order valence-electron chi connectivity index (χ1n) is 16.7. The van der Waals surface area contributed by atoms with E-state index in [4.69, 9.17) is 20.9 Å². The largest absolute Gasteiger partial charge is 0.445 e. The molecule has 2 rings (SSSR count). The van der Waals surface area contributed by atoms with Gasteiger partial charge in [0.15, 0.2) is 5.96 Å². The van der Waals surface area contributed by atoms with Gasteiger partial charge in [0.25, 0.3) is 5.08 Å². The van der Waals surface area contributed by atoms with E-state index >= 15 is 0 Å². The van der Waals surface area contributed by atoms with Crippen molar-refractivity contribution in [1.29, 1.82) is 0 Å². The summed E-state index contributed by atoms with van der Waals surface area (Å²) in [6.07, 6.45) is -2.45. The van der Waals surface area contributed by atoms with E-state index in [1.807, 2.05) is 19.9 Å². The molecule has 0 aliphatic carbocycles. The molecule has 0 radical (unpaired) electrons. The number of hydrogen-bond donors (Lipinski definition) is 11. The van der Waals surface area contributed by atoms with Gasteiger partial charge in [0.05, 0.1) is 0 Å². The summed E-state index contributed by atoms with van der Waals surface area (Å²) in [5.41, 5.74) is 12.4. The zero-order valence-electron chi connectivity index (χ0n) is 29.8. The SMILES string of the molecule is CC(C)C[C@H](NC(=O)OCc1ccccc1)C(=O)N[C@@H](CCCN=C(N)N)C(=O)Nc1ccc(COC(=O)NCCCC(O)(P(=O)(O)O)P(=O)(O)O)cc1. The Hall–Kier alpha value is -4.55. The van der Waals surface area contributed by atoms with Gasteiger partial charge in [0.2, 0.25) is 11.8 Å². The van der Waals surface area contributed by atoms with Crippen molar-refractivity contribution in [2.75, 3.05) is 18.4 Å². The third-order valence-corrected chi connectivity index (χ3v) is 11.5. The first-order valence-corrected chi connectivity index (χ1v) is 19.9. The molecule has 2 aromatic carbocycles. The molecule has 0 aromatic heterocycles. The second-order valence-electron chi connectivity index (χ2n) is 12.6. The predicted molar refractivity (Wildman–Crippen MR) is 196 cm³/mol. The number of guanidine groups is 1. The number of anilines is 1. The number of nitrogens with two attached hydrogens (primary N) is 2. The van der Waals surface area contributed by atoms with Gasteiger partial charge in [-0.1, -0.05) is 56.3 Å². The van der Waals surface area contributed by atoms with Gasteiger partial charge < -0.3 is 66.9 Å². The molecule has 0 heterocycles. The number of hydrogen-bond acceptors (Lipinski definition) is 10. The van der Waals surface area contributed by atoms with Gasteiger partial charge in [0, 0.05) is 25.2 Å². The molecular formula is C32H49N7O13P2. The van der Waals surface area contributed by atoms with Crippen LogP contribution < -0.4 is 32.7 Å². The number of aliphatic imine (C=N–C) groups is 1. The lowest BCUT2D eigenvalue weighted by molar-refractivity contribution is -0.128. The number of nitrogens with zero attached hydrogens (tertiary/aromatic N) is 1. The molecular weight excluding hydrogens is 752 g/mol. The molecule has 0 saturated carbocycles. The maximum Gasteiger partial charge on any atom is 0.408 e. The van der Waals surface area contributed by atoms with Crippen molar-refractivity contribution in [2.45, 2.75) is 76.3 Å². The Morgan fingerprint density at radius 2 is 1.37 bits per heavy atom. The molecule has 0 aliphatic rings. The van der Waals surface area contributed by atoms with Crippen molar-refractivity contribution in [3.63, 3.8) is 0 Å². The van der Waals surface area contributed by atoms with Gasteiger partial charge in [-0.15, -0.1) is 0 Å². The summed E-state index contributed by atoms with van der Waals surface area (Å²) in [6.45, 7) is 3.35. The van der Waals surface area contributed by atoms with Crippen LogP contribution in [0.25, 0.3) is 0 Å². The molecule has 20 nitrogen and oxygen atoms in total. The van der Waals surface area contributed by atoms with Crippen LogP contribution in [-0.2, 0) is 41.4 Å². The minimum absolute atomic E-state index is 0.00350. The van der Waals surface area contributed by atoms with Crippen LogP contribution in [0, 0.1) is 5.92 Å². The summed E-state index contributed by atoms with van der Waals surface area (Å²) in [5, 5.41) is 16.6. The third-order valence-electron chi connectivity index (χ3n) is 7.59. The van der Waals surface area contributed by atoms with Crippen LogP contribution in [-0.4, -0.2) is 84.9 Å². The number of ether oxygens (including phenoxy) is 2. The highest BCUT2D eigenvalue weighted by atomic mass is 31.2. The predicted octanol–water partition coefficient (Wildman–Crippen LogP) is 1.51. The second-order valence-corrected chi connectivity index (χ2v) is 16.6. The highest BCUT2D eigenvalue weighted by molar-refractivity contribution is 7.72. The van der Waals surface area contributed by atoms with Crippen LogP contribution >= 0.6 is 15.2 Å². The first-order chi connectivity index (χ1) is 25.2. The van der Waals surface area contributed by atoms with Crippen molar-refractivity contribution in [3.05, 3.63) is 65.7 Å². The van der Waals surface area contributed by atoms with E-state index in [9.17, 15) is 53.0 Å². The van der Waals surface area contributed by atoms with Crippen LogP contribution in [0.1, 0.15) is 57.1 Å². The molecule has 54 heavy (non-hydrogen) atoms. The van der Waals surface area contributed by atoms with Crippen LogP contribution in [0.15, 0.2) is 59.6 Å². The smallest absolute Gasteiger partial charge is 0.408 e. The monoisotopic (exact) mass is 801 g/mol. The van der Waals surface area contributed by atoms with Crippen molar-refractivity contribution in [3.8, 4) is 0 Å². The standard InChI is InChI=1S/C32H49N7O13P2/c1-21(2)18-26(39-31(43)52-19-22-8-4-3-5-9-22)28(41)38-25(10-6-16-35-29(33)34)27(40)37-24-13-11-23(12-14-24)20-51-30(42)36-17-7-15-32(44,53(45,46)47)54(48,49)50/h3-5,8-9,11-14,21,25-26,44H,6-7,10,15-20H2,1-2H3,(H,36,42)(H,37,40)(H,38,41)(H,39,43)(H4,33,34,35)(H2,45,46,47)(H2,48,49,50)/t25-,26-/m0/s1. The van der Waals surface area contributed by atoms with Crippen molar-refractivity contribution in [2.24, 2.45) is 22.4 Å². The summed E-state index contributed by atoms with van der Waals surface area (Å²) in [5.74, 6) is -1.32. The van der Waals surface area contributed by atoms with E-state index in [0.29, 0.717) is 17.7 Å². The summed E-state index contributed by atoms with van der Waals surface area (Å²) < 4.78 is 33.2. The first kappa shape index (κ1) is 45.6. The van der Waals surface area contributed by atoms with E-state index in [-0.39, 0.29) is 51.0 Å². The van der Waals surface area contributed by atoms with Gasteiger partial charge in [-0.25, -0.2) is 9.59 Å². The Morgan fingerprint density at radius 1 is 0.796 bits per heavy atom.